The molecule has 0 unspecified atom stereocenters. The molecular formula is C6H8F2O2. The van der Waals surface area contributed by atoms with E-state index in [-0.39, 0.29) is 13.0 Å². The van der Waals surface area contributed by atoms with Gasteiger partial charge in [0.05, 0.1) is 6.61 Å². The Kier molecular flexibility index (Phi) is 1.62. The average Bonchev–Trinajstić information content (AvgIpc) is 2.41. The predicted octanol–water partition coefficient (Wildman–Crippen LogP) is 1.20. The molecule has 0 aromatic rings. The second-order valence-electron chi connectivity index (χ2n) is 2.27. The van der Waals surface area contributed by atoms with Crippen LogP contribution in [0.3, 0.4) is 0 Å². The summed E-state index contributed by atoms with van der Waals surface area (Å²) in [6.45, 7) is 1.77. The maximum atomic E-state index is 12.1. The van der Waals surface area contributed by atoms with E-state index in [0.717, 1.165) is 0 Å². The molecule has 0 radical (unpaired) electrons. The molecule has 0 heterocycles. The smallest absolute Gasteiger partial charge is 0.315 e. The summed E-state index contributed by atoms with van der Waals surface area (Å²) in [5.41, 5.74) is 0. The second-order valence-corrected chi connectivity index (χ2v) is 2.27. The Morgan fingerprint density at radius 2 is 2.30 bits per heavy atom. The second kappa shape index (κ2) is 2.18. The zero-order valence-corrected chi connectivity index (χ0v) is 5.56. The molecule has 0 bridgehead atoms. The molecule has 0 N–H and O–H groups in total. The van der Waals surface area contributed by atoms with Crippen molar-refractivity contribution in [3.8, 4) is 0 Å². The van der Waals surface area contributed by atoms with Crippen LogP contribution in [0.1, 0.15) is 13.3 Å². The van der Waals surface area contributed by atoms with Gasteiger partial charge in [0.1, 0.15) is 5.92 Å². The third-order valence-electron chi connectivity index (χ3n) is 1.40. The van der Waals surface area contributed by atoms with Gasteiger partial charge in [-0.05, 0) is 6.92 Å². The van der Waals surface area contributed by atoms with Crippen molar-refractivity contribution < 1.29 is 18.3 Å². The Hall–Kier alpha value is -0.670. The minimum atomic E-state index is -2.79. The summed E-state index contributed by atoms with van der Waals surface area (Å²) < 4.78 is 28.5. The van der Waals surface area contributed by atoms with E-state index in [4.69, 9.17) is 0 Å². The van der Waals surface area contributed by atoms with Crippen LogP contribution in [0.4, 0.5) is 8.78 Å². The van der Waals surface area contributed by atoms with Crippen LogP contribution in [0.15, 0.2) is 0 Å². The number of rotatable bonds is 2. The van der Waals surface area contributed by atoms with Gasteiger partial charge in [0.25, 0.3) is 5.92 Å². The zero-order valence-electron chi connectivity index (χ0n) is 5.56. The Labute approximate surface area is 57.2 Å². The van der Waals surface area contributed by atoms with Crippen LogP contribution >= 0.6 is 0 Å². The summed E-state index contributed by atoms with van der Waals surface area (Å²) in [5.74, 6) is -4.72. The highest BCUT2D eigenvalue weighted by molar-refractivity contribution is 5.77. The molecule has 1 rings (SSSR count). The van der Waals surface area contributed by atoms with Gasteiger partial charge in [-0.25, -0.2) is 8.78 Å². The average molecular weight is 150 g/mol. The number of halogens is 2. The van der Waals surface area contributed by atoms with Crippen LogP contribution in [0, 0.1) is 5.92 Å². The van der Waals surface area contributed by atoms with Crippen LogP contribution in [0.5, 0.6) is 0 Å². The van der Waals surface area contributed by atoms with Crippen LogP contribution in [-0.4, -0.2) is 18.5 Å². The van der Waals surface area contributed by atoms with Crippen molar-refractivity contribution in [1.82, 2.24) is 0 Å². The van der Waals surface area contributed by atoms with Gasteiger partial charge < -0.3 is 4.74 Å². The molecule has 0 aliphatic heterocycles. The maximum absolute atomic E-state index is 12.1. The van der Waals surface area contributed by atoms with E-state index < -0.39 is 17.8 Å². The third kappa shape index (κ3) is 1.25. The van der Waals surface area contributed by atoms with Crippen LogP contribution < -0.4 is 0 Å². The molecule has 0 saturated heterocycles. The van der Waals surface area contributed by atoms with Gasteiger partial charge in [0.2, 0.25) is 0 Å². The van der Waals surface area contributed by atoms with Crippen molar-refractivity contribution in [1.29, 1.82) is 0 Å². The molecule has 0 amide bonds. The Balaban J connectivity index is 2.33. The molecule has 58 valence electrons. The van der Waals surface area contributed by atoms with E-state index in [1.54, 1.807) is 6.92 Å². The summed E-state index contributed by atoms with van der Waals surface area (Å²) in [6, 6.07) is 0. The fraction of sp³-hybridized carbons (Fsp3) is 0.833. The monoisotopic (exact) mass is 150 g/mol. The third-order valence-corrected chi connectivity index (χ3v) is 1.40. The minimum Gasteiger partial charge on any atom is -0.466 e. The van der Waals surface area contributed by atoms with Gasteiger partial charge in [-0.3, -0.25) is 4.79 Å². The lowest BCUT2D eigenvalue weighted by atomic mass is 10.4. The van der Waals surface area contributed by atoms with Gasteiger partial charge in [-0.1, -0.05) is 0 Å². The van der Waals surface area contributed by atoms with Crippen LogP contribution in [0.2, 0.25) is 0 Å². The molecule has 1 saturated carbocycles. The van der Waals surface area contributed by atoms with Crippen LogP contribution in [-0.2, 0) is 9.53 Å². The SMILES string of the molecule is CCOC(=O)[C@H]1CC1(F)F. The number of carbonyl (C=O) groups is 1. The molecule has 0 aromatic carbocycles. The summed E-state index contributed by atoms with van der Waals surface area (Å²) in [4.78, 5) is 10.5. The van der Waals surface area contributed by atoms with E-state index in [1.807, 2.05) is 0 Å². The highest BCUT2D eigenvalue weighted by Crippen LogP contribution is 2.49. The fourth-order valence-corrected chi connectivity index (χ4v) is 0.712. The Bertz CT molecular complexity index is 156. The van der Waals surface area contributed by atoms with Crippen molar-refractivity contribution in [2.45, 2.75) is 19.3 Å². The topological polar surface area (TPSA) is 26.3 Å². The highest BCUT2D eigenvalue weighted by Gasteiger charge is 2.62. The van der Waals surface area contributed by atoms with E-state index in [1.165, 1.54) is 0 Å². The number of esters is 1. The molecule has 1 aliphatic carbocycles. The summed E-state index contributed by atoms with van der Waals surface area (Å²) in [5, 5.41) is 0. The van der Waals surface area contributed by atoms with E-state index in [2.05, 4.69) is 4.74 Å². The maximum Gasteiger partial charge on any atom is 0.315 e. The number of carbonyl (C=O) groups excluding carboxylic acids is 1. The minimum absolute atomic E-state index is 0.172. The molecule has 1 atom stereocenters. The number of alkyl halides is 2. The van der Waals surface area contributed by atoms with Gasteiger partial charge in [-0.2, -0.15) is 0 Å². The van der Waals surface area contributed by atoms with Gasteiger partial charge in [-0.15, -0.1) is 0 Å². The predicted molar refractivity (Wildman–Crippen MR) is 29.7 cm³/mol. The van der Waals surface area contributed by atoms with E-state index >= 15 is 0 Å². The molecule has 2 nitrogen and oxygen atoms in total. The number of hydrogen-bond acceptors (Lipinski definition) is 2. The molecular weight excluding hydrogens is 142 g/mol. The first-order valence-electron chi connectivity index (χ1n) is 3.12. The first-order valence-corrected chi connectivity index (χ1v) is 3.12. The quantitative estimate of drug-likeness (QED) is 0.553. The van der Waals surface area contributed by atoms with Gasteiger partial charge in [0, 0.05) is 6.42 Å². The summed E-state index contributed by atoms with van der Waals surface area (Å²) in [7, 11) is 0. The molecule has 0 spiro atoms. The summed E-state index contributed by atoms with van der Waals surface area (Å²) >= 11 is 0. The molecule has 1 fully saturated rings. The number of hydrogen-bond donors (Lipinski definition) is 0. The Morgan fingerprint density at radius 3 is 2.60 bits per heavy atom. The van der Waals surface area contributed by atoms with Gasteiger partial charge in [0.15, 0.2) is 0 Å². The van der Waals surface area contributed by atoms with Crippen molar-refractivity contribution in [3.05, 3.63) is 0 Å². The highest BCUT2D eigenvalue weighted by atomic mass is 19.3. The molecule has 10 heavy (non-hydrogen) atoms. The zero-order chi connectivity index (χ0) is 7.78. The first kappa shape index (κ1) is 7.44. The van der Waals surface area contributed by atoms with E-state index in [0.29, 0.717) is 0 Å². The first-order chi connectivity index (χ1) is 4.58. The van der Waals surface area contributed by atoms with Crippen molar-refractivity contribution >= 4 is 5.97 Å². The van der Waals surface area contributed by atoms with Gasteiger partial charge >= 0.3 is 5.97 Å². The molecule has 4 heteroatoms. The molecule has 0 aromatic heterocycles. The normalized spacial score (nSPS) is 27.7. The molecule has 1 aliphatic rings. The summed E-state index contributed by atoms with van der Waals surface area (Å²) in [6.07, 6.45) is -0.341. The fourth-order valence-electron chi connectivity index (χ4n) is 0.712. The van der Waals surface area contributed by atoms with Crippen LogP contribution in [0.25, 0.3) is 0 Å². The lowest BCUT2D eigenvalue weighted by molar-refractivity contribution is -0.147. The van der Waals surface area contributed by atoms with E-state index in [9.17, 15) is 13.6 Å². The van der Waals surface area contributed by atoms with Crippen molar-refractivity contribution in [2.24, 2.45) is 5.92 Å². The number of ether oxygens (including phenoxy) is 1. The van der Waals surface area contributed by atoms with Crippen molar-refractivity contribution in [3.63, 3.8) is 0 Å². The van der Waals surface area contributed by atoms with Crippen molar-refractivity contribution in [2.75, 3.05) is 6.61 Å². The standard InChI is InChI=1S/C6H8F2O2/c1-2-10-5(9)4-3-6(4,7)8/h4H,2-3H2,1H3/t4-/m1/s1. The lowest BCUT2D eigenvalue weighted by Crippen LogP contribution is -2.11. The largest absolute Gasteiger partial charge is 0.466 e. The Morgan fingerprint density at radius 1 is 1.80 bits per heavy atom. The lowest BCUT2D eigenvalue weighted by Gasteiger charge is -1.97.